The molecule has 0 unspecified atom stereocenters. The minimum Gasteiger partial charge on any atom is -0.241 e. The Balaban J connectivity index is 0.000000186. The Morgan fingerprint density at radius 3 is 1.86 bits per heavy atom. The normalized spacial score (nSPS) is 13.4. The van der Waals surface area contributed by atoms with E-state index in [1.54, 1.807) is 0 Å². The van der Waals surface area contributed by atoms with E-state index in [2.05, 4.69) is 29.4 Å². The first-order valence-electron chi connectivity index (χ1n) is 7.45. The predicted molar refractivity (Wildman–Crippen MR) is 86.7 cm³/mol. The number of aryl methyl sites for hydroxylation is 1. The molecule has 0 saturated heterocycles. The first-order chi connectivity index (χ1) is 10.3. The van der Waals surface area contributed by atoms with Crippen molar-refractivity contribution in [2.45, 2.75) is 25.7 Å². The Morgan fingerprint density at radius 2 is 1.43 bits per heavy atom. The number of rotatable bonds is 2. The van der Waals surface area contributed by atoms with E-state index in [0.29, 0.717) is 0 Å². The van der Waals surface area contributed by atoms with E-state index in [-0.39, 0.29) is 0 Å². The monoisotopic (exact) mass is 276 g/mol. The van der Waals surface area contributed by atoms with E-state index in [1.807, 2.05) is 60.3 Å². The molecule has 1 saturated carbocycles. The summed E-state index contributed by atoms with van der Waals surface area (Å²) in [4.78, 5) is 0. The summed E-state index contributed by atoms with van der Waals surface area (Å²) in [6, 6.07) is 22.8. The SMILES string of the molecule is Cc1ccn(-c2ccc(C3CC3)cc2)n1.c1ccccc1. The summed E-state index contributed by atoms with van der Waals surface area (Å²) in [6.07, 6.45) is 4.72. The van der Waals surface area contributed by atoms with Crippen molar-refractivity contribution in [1.82, 2.24) is 9.78 Å². The fourth-order valence-corrected chi connectivity index (χ4v) is 2.26. The zero-order valence-corrected chi connectivity index (χ0v) is 12.3. The molecule has 2 nitrogen and oxygen atoms in total. The maximum atomic E-state index is 4.39. The number of benzene rings is 2. The molecule has 3 aromatic rings. The van der Waals surface area contributed by atoms with Crippen molar-refractivity contribution in [3.8, 4) is 5.69 Å². The zero-order valence-electron chi connectivity index (χ0n) is 12.3. The smallest absolute Gasteiger partial charge is 0.0645 e. The van der Waals surface area contributed by atoms with Gasteiger partial charge in [-0.2, -0.15) is 5.10 Å². The molecule has 1 aliphatic rings. The Bertz CT molecular complexity index is 638. The van der Waals surface area contributed by atoms with Crippen LogP contribution in [0, 0.1) is 6.92 Å². The van der Waals surface area contributed by atoms with Crippen molar-refractivity contribution in [2.75, 3.05) is 0 Å². The van der Waals surface area contributed by atoms with Crippen LogP contribution in [0.4, 0.5) is 0 Å². The fourth-order valence-electron chi connectivity index (χ4n) is 2.26. The average Bonchev–Trinajstić information content (AvgIpc) is 3.31. The van der Waals surface area contributed by atoms with Gasteiger partial charge in [0.1, 0.15) is 0 Å². The van der Waals surface area contributed by atoms with Gasteiger partial charge in [0.05, 0.1) is 11.4 Å². The van der Waals surface area contributed by atoms with Gasteiger partial charge in [0.25, 0.3) is 0 Å². The molecule has 2 aromatic carbocycles. The molecule has 21 heavy (non-hydrogen) atoms. The van der Waals surface area contributed by atoms with Crippen molar-refractivity contribution in [2.24, 2.45) is 0 Å². The molecule has 1 heterocycles. The van der Waals surface area contributed by atoms with E-state index in [9.17, 15) is 0 Å². The molecule has 0 atom stereocenters. The summed E-state index contributed by atoms with van der Waals surface area (Å²) in [5.74, 6) is 0.832. The number of aromatic nitrogens is 2. The topological polar surface area (TPSA) is 17.8 Å². The van der Waals surface area contributed by atoms with Gasteiger partial charge < -0.3 is 0 Å². The highest BCUT2D eigenvalue weighted by Gasteiger charge is 2.22. The first-order valence-corrected chi connectivity index (χ1v) is 7.45. The maximum Gasteiger partial charge on any atom is 0.0645 e. The number of hydrogen-bond acceptors (Lipinski definition) is 1. The van der Waals surface area contributed by atoms with Gasteiger partial charge in [-0.05, 0) is 49.4 Å². The lowest BCUT2D eigenvalue weighted by Gasteiger charge is -2.02. The van der Waals surface area contributed by atoms with Gasteiger partial charge in [-0.1, -0.05) is 48.5 Å². The van der Waals surface area contributed by atoms with Crippen LogP contribution in [-0.4, -0.2) is 9.78 Å². The molecule has 0 amide bonds. The van der Waals surface area contributed by atoms with Gasteiger partial charge in [0.15, 0.2) is 0 Å². The third kappa shape index (κ3) is 3.82. The summed E-state index contributed by atoms with van der Waals surface area (Å²) < 4.78 is 1.92. The third-order valence-electron chi connectivity index (χ3n) is 3.60. The molecule has 4 rings (SSSR count). The van der Waals surface area contributed by atoms with Crippen molar-refractivity contribution >= 4 is 0 Å². The van der Waals surface area contributed by atoms with Crippen LogP contribution in [0.3, 0.4) is 0 Å². The van der Waals surface area contributed by atoms with Crippen LogP contribution in [0.15, 0.2) is 72.9 Å². The van der Waals surface area contributed by atoms with E-state index < -0.39 is 0 Å². The average molecular weight is 276 g/mol. The van der Waals surface area contributed by atoms with Crippen molar-refractivity contribution in [3.63, 3.8) is 0 Å². The highest BCUT2D eigenvalue weighted by molar-refractivity contribution is 5.36. The van der Waals surface area contributed by atoms with Gasteiger partial charge in [-0.25, -0.2) is 4.68 Å². The molecular weight excluding hydrogens is 256 g/mol. The van der Waals surface area contributed by atoms with Crippen LogP contribution in [0.2, 0.25) is 0 Å². The van der Waals surface area contributed by atoms with Crippen LogP contribution in [0.25, 0.3) is 5.69 Å². The highest BCUT2D eigenvalue weighted by atomic mass is 15.3. The second kappa shape index (κ2) is 6.40. The fraction of sp³-hybridized carbons (Fsp3) is 0.211. The molecule has 1 aromatic heterocycles. The van der Waals surface area contributed by atoms with E-state index >= 15 is 0 Å². The molecule has 0 radical (unpaired) electrons. The summed E-state index contributed by atoms with van der Waals surface area (Å²) in [6.45, 7) is 2.01. The second-order valence-corrected chi connectivity index (χ2v) is 5.42. The number of hydrogen-bond donors (Lipinski definition) is 0. The first kappa shape index (κ1) is 13.6. The third-order valence-corrected chi connectivity index (χ3v) is 3.60. The van der Waals surface area contributed by atoms with Crippen LogP contribution < -0.4 is 0 Å². The molecule has 1 aliphatic carbocycles. The molecule has 0 aliphatic heterocycles. The van der Waals surface area contributed by atoms with Gasteiger partial charge in [0, 0.05) is 6.20 Å². The summed E-state index contributed by atoms with van der Waals surface area (Å²) >= 11 is 0. The molecule has 0 bridgehead atoms. The summed E-state index contributed by atoms with van der Waals surface area (Å²) in [7, 11) is 0. The molecule has 106 valence electrons. The molecular formula is C19H20N2. The zero-order chi connectivity index (χ0) is 14.5. The van der Waals surface area contributed by atoms with Gasteiger partial charge in [-0.15, -0.1) is 0 Å². The van der Waals surface area contributed by atoms with Crippen LogP contribution in [0.5, 0.6) is 0 Å². The van der Waals surface area contributed by atoms with Gasteiger partial charge in [-0.3, -0.25) is 0 Å². The number of nitrogens with zero attached hydrogens (tertiary/aromatic N) is 2. The van der Waals surface area contributed by atoms with E-state index in [0.717, 1.165) is 17.3 Å². The largest absolute Gasteiger partial charge is 0.241 e. The molecule has 2 heteroatoms. The Morgan fingerprint density at radius 1 is 0.857 bits per heavy atom. The van der Waals surface area contributed by atoms with E-state index in [1.165, 1.54) is 18.4 Å². The van der Waals surface area contributed by atoms with Crippen LogP contribution in [0.1, 0.15) is 30.0 Å². The lowest BCUT2D eigenvalue weighted by molar-refractivity contribution is 0.861. The second-order valence-electron chi connectivity index (χ2n) is 5.42. The van der Waals surface area contributed by atoms with E-state index in [4.69, 9.17) is 0 Å². The Labute approximate surface area is 126 Å². The molecule has 0 N–H and O–H groups in total. The van der Waals surface area contributed by atoms with Crippen LogP contribution >= 0.6 is 0 Å². The van der Waals surface area contributed by atoms with Crippen molar-refractivity contribution < 1.29 is 0 Å². The van der Waals surface area contributed by atoms with Gasteiger partial charge in [0.2, 0.25) is 0 Å². The lowest BCUT2D eigenvalue weighted by Crippen LogP contribution is -1.94. The molecule has 1 fully saturated rings. The highest BCUT2D eigenvalue weighted by Crippen LogP contribution is 2.40. The minimum atomic E-state index is 0.832. The maximum absolute atomic E-state index is 4.39. The summed E-state index contributed by atoms with van der Waals surface area (Å²) in [5, 5.41) is 4.39. The van der Waals surface area contributed by atoms with Crippen LogP contribution in [-0.2, 0) is 0 Å². The molecule has 0 spiro atoms. The van der Waals surface area contributed by atoms with Crippen molar-refractivity contribution in [1.29, 1.82) is 0 Å². The van der Waals surface area contributed by atoms with Gasteiger partial charge >= 0.3 is 0 Å². The Hall–Kier alpha value is -2.35. The lowest BCUT2D eigenvalue weighted by atomic mass is 10.1. The summed E-state index contributed by atoms with van der Waals surface area (Å²) in [5.41, 5.74) is 3.68. The quantitative estimate of drug-likeness (QED) is 0.660. The minimum absolute atomic E-state index is 0.832. The standard InChI is InChI=1S/C13H14N2.C6H6/c1-10-8-9-15(14-10)13-6-4-12(5-7-13)11-2-3-11;1-2-4-6-5-3-1/h4-9,11H,2-3H2,1H3;1-6H. The predicted octanol–water partition coefficient (Wildman–Crippen LogP) is 4.74. The van der Waals surface area contributed by atoms with Crippen molar-refractivity contribution in [3.05, 3.63) is 84.2 Å². The Kier molecular flexibility index (Phi) is 4.15.